The van der Waals surface area contributed by atoms with Gasteiger partial charge in [-0.05, 0) is 38.1 Å². The number of aromatic nitrogens is 1. The Morgan fingerprint density at radius 3 is 2.54 bits per heavy atom. The number of aryl methyl sites for hydroxylation is 1. The van der Waals surface area contributed by atoms with Gasteiger partial charge in [0, 0.05) is 24.7 Å². The Labute approximate surface area is 150 Å². The van der Waals surface area contributed by atoms with Crippen LogP contribution in [0.25, 0.3) is 0 Å². The van der Waals surface area contributed by atoms with E-state index >= 15 is 0 Å². The highest BCUT2D eigenvalue weighted by atomic mass is 16.6. The zero-order valence-electron chi connectivity index (χ0n) is 14.7. The number of hydrogen-bond acceptors (Lipinski definition) is 7. The molecule has 1 aliphatic heterocycles. The second-order valence-electron chi connectivity index (χ2n) is 6.07. The van der Waals surface area contributed by atoms with E-state index in [4.69, 9.17) is 4.74 Å². The fourth-order valence-corrected chi connectivity index (χ4v) is 2.80. The number of anilines is 3. The molecule has 2 heterocycles. The Morgan fingerprint density at radius 2 is 1.92 bits per heavy atom. The minimum absolute atomic E-state index is 0.144. The zero-order valence-corrected chi connectivity index (χ0v) is 14.7. The maximum Gasteiger partial charge on any atom is 0.293 e. The summed E-state index contributed by atoms with van der Waals surface area (Å²) >= 11 is 0. The van der Waals surface area contributed by atoms with E-state index in [0.29, 0.717) is 30.2 Å². The molecule has 136 valence electrons. The molecule has 2 aromatic rings. The molecule has 1 saturated heterocycles. The van der Waals surface area contributed by atoms with E-state index < -0.39 is 4.92 Å². The van der Waals surface area contributed by atoms with E-state index in [1.165, 1.54) is 13.0 Å². The Balaban J connectivity index is 1.86. The first-order valence-electron chi connectivity index (χ1n) is 8.32. The first kappa shape index (κ1) is 17.8. The topological polar surface area (TPSA) is 97.6 Å². The predicted molar refractivity (Wildman–Crippen MR) is 98.4 cm³/mol. The first-order valence-corrected chi connectivity index (χ1v) is 8.32. The lowest BCUT2D eigenvalue weighted by Gasteiger charge is -2.28. The van der Waals surface area contributed by atoms with Crippen molar-refractivity contribution in [2.75, 3.05) is 36.5 Å². The van der Waals surface area contributed by atoms with Crippen molar-refractivity contribution in [3.05, 3.63) is 51.7 Å². The average molecular weight is 356 g/mol. The van der Waals surface area contributed by atoms with Gasteiger partial charge >= 0.3 is 0 Å². The van der Waals surface area contributed by atoms with Crippen molar-refractivity contribution >= 4 is 28.7 Å². The molecule has 0 bridgehead atoms. The number of pyridine rings is 1. The Kier molecular flexibility index (Phi) is 5.13. The van der Waals surface area contributed by atoms with E-state index in [9.17, 15) is 14.9 Å². The summed E-state index contributed by atoms with van der Waals surface area (Å²) in [6.07, 6.45) is 0. The summed E-state index contributed by atoms with van der Waals surface area (Å²) in [5.74, 6) is 0.644. The fraction of sp³-hybridized carbons (Fsp3) is 0.333. The molecule has 0 aliphatic carbocycles. The number of ether oxygens (including phenoxy) is 1. The van der Waals surface area contributed by atoms with Crippen LogP contribution >= 0.6 is 0 Å². The lowest BCUT2D eigenvalue weighted by atomic mass is 10.1. The number of carbonyl (C=O) groups is 1. The summed E-state index contributed by atoms with van der Waals surface area (Å²) in [7, 11) is 0. The number of nitrogens with zero attached hydrogens (tertiary/aromatic N) is 3. The summed E-state index contributed by atoms with van der Waals surface area (Å²) in [5, 5.41) is 14.4. The van der Waals surface area contributed by atoms with Crippen LogP contribution in [0.4, 0.5) is 22.9 Å². The molecule has 26 heavy (non-hydrogen) atoms. The number of nitrogens with one attached hydrogen (secondary N) is 1. The quantitative estimate of drug-likeness (QED) is 0.499. The third-order valence-electron chi connectivity index (χ3n) is 4.28. The van der Waals surface area contributed by atoms with Crippen molar-refractivity contribution in [3.63, 3.8) is 0 Å². The Bertz CT molecular complexity index is 847. The first-order chi connectivity index (χ1) is 12.5. The highest BCUT2D eigenvalue weighted by Gasteiger charge is 2.18. The summed E-state index contributed by atoms with van der Waals surface area (Å²) in [4.78, 5) is 29.1. The van der Waals surface area contributed by atoms with Gasteiger partial charge in [-0.25, -0.2) is 4.98 Å². The van der Waals surface area contributed by atoms with Gasteiger partial charge in [-0.1, -0.05) is 0 Å². The molecule has 1 aliphatic rings. The van der Waals surface area contributed by atoms with Crippen molar-refractivity contribution in [1.82, 2.24) is 4.98 Å². The summed E-state index contributed by atoms with van der Waals surface area (Å²) in [5.41, 5.74) is 1.90. The molecular formula is C18H20N4O4. The minimum atomic E-state index is -0.500. The second kappa shape index (κ2) is 7.49. The standard InChI is InChI=1S/C18H20N4O4/c1-12-15(5-6-18(19-12)21-7-9-26-10-8-21)20-16-4-3-14(13(2)23)11-17(16)22(24)25/h3-6,11,20H,7-10H2,1-2H3. The van der Waals surface area contributed by atoms with E-state index in [1.54, 1.807) is 12.1 Å². The van der Waals surface area contributed by atoms with Crippen molar-refractivity contribution in [2.24, 2.45) is 0 Å². The number of nitro benzene ring substituents is 1. The van der Waals surface area contributed by atoms with Crippen LogP contribution in [0.15, 0.2) is 30.3 Å². The van der Waals surface area contributed by atoms with Gasteiger partial charge in [0.1, 0.15) is 11.5 Å². The number of benzene rings is 1. The molecule has 1 N–H and O–H groups in total. The number of morpholine rings is 1. The van der Waals surface area contributed by atoms with Gasteiger partial charge in [-0.15, -0.1) is 0 Å². The van der Waals surface area contributed by atoms with E-state index in [0.717, 1.165) is 24.6 Å². The van der Waals surface area contributed by atoms with E-state index in [1.807, 2.05) is 19.1 Å². The third-order valence-corrected chi connectivity index (χ3v) is 4.28. The van der Waals surface area contributed by atoms with Gasteiger partial charge < -0.3 is 15.0 Å². The molecule has 0 unspecified atom stereocenters. The molecule has 1 aromatic carbocycles. The molecule has 0 saturated carbocycles. The molecule has 0 atom stereocenters. The van der Waals surface area contributed by atoms with Crippen LogP contribution in [0.1, 0.15) is 23.0 Å². The Morgan fingerprint density at radius 1 is 1.23 bits per heavy atom. The van der Waals surface area contributed by atoms with Crippen molar-refractivity contribution < 1.29 is 14.5 Å². The Hall–Kier alpha value is -3.00. The van der Waals surface area contributed by atoms with Crippen LogP contribution in [-0.2, 0) is 4.74 Å². The van der Waals surface area contributed by atoms with Crippen molar-refractivity contribution in [2.45, 2.75) is 13.8 Å². The number of Topliss-reactive ketones (excluding diaryl/α,β-unsaturated/α-hetero) is 1. The molecule has 3 rings (SSSR count). The number of nitro groups is 1. The number of hydrogen-bond donors (Lipinski definition) is 1. The fourth-order valence-electron chi connectivity index (χ4n) is 2.80. The van der Waals surface area contributed by atoms with Crippen LogP contribution in [-0.4, -0.2) is 42.0 Å². The van der Waals surface area contributed by atoms with Crippen LogP contribution in [0, 0.1) is 17.0 Å². The highest BCUT2D eigenvalue weighted by molar-refractivity contribution is 5.95. The van der Waals surface area contributed by atoms with Crippen LogP contribution in [0.2, 0.25) is 0 Å². The molecule has 0 spiro atoms. The van der Waals surface area contributed by atoms with E-state index in [2.05, 4.69) is 15.2 Å². The SMILES string of the molecule is CC(=O)c1ccc(Nc2ccc(N3CCOCC3)nc2C)c([N+](=O)[O-])c1. The summed E-state index contributed by atoms with van der Waals surface area (Å²) in [6.45, 7) is 6.16. The summed E-state index contributed by atoms with van der Waals surface area (Å²) < 4.78 is 5.35. The number of ketones is 1. The normalized spacial score (nSPS) is 14.2. The highest BCUT2D eigenvalue weighted by Crippen LogP contribution is 2.30. The largest absolute Gasteiger partial charge is 0.378 e. The minimum Gasteiger partial charge on any atom is -0.378 e. The smallest absolute Gasteiger partial charge is 0.293 e. The average Bonchev–Trinajstić information content (AvgIpc) is 2.64. The van der Waals surface area contributed by atoms with Crippen LogP contribution in [0.5, 0.6) is 0 Å². The van der Waals surface area contributed by atoms with Gasteiger partial charge in [0.25, 0.3) is 5.69 Å². The molecule has 8 heteroatoms. The van der Waals surface area contributed by atoms with Crippen molar-refractivity contribution in [3.8, 4) is 0 Å². The maximum atomic E-state index is 11.5. The molecule has 0 radical (unpaired) electrons. The number of carbonyl (C=O) groups excluding carboxylic acids is 1. The van der Waals surface area contributed by atoms with Gasteiger partial charge in [-0.2, -0.15) is 0 Å². The van der Waals surface area contributed by atoms with Gasteiger partial charge in [0.05, 0.1) is 29.5 Å². The zero-order chi connectivity index (χ0) is 18.7. The molecule has 1 fully saturated rings. The molecule has 8 nitrogen and oxygen atoms in total. The number of rotatable bonds is 5. The van der Waals surface area contributed by atoms with E-state index in [-0.39, 0.29) is 11.5 Å². The third kappa shape index (κ3) is 3.80. The van der Waals surface area contributed by atoms with Gasteiger partial charge in [0.2, 0.25) is 0 Å². The summed E-state index contributed by atoms with van der Waals surface area (Å²) in [6, 6.07) is 8.15. The maximum absolute atomic E-state index is 11.5. The van der Waals surface area contributed by atoms with Crippen molar-refractivity contribution in [1.29, 1.82) is 0 Å². The predicted octanol–water partition coefficient (Wildman–Crippen LogP) is 3.08. The van der Waals surface area contributed by atoms with Gasteiger partial charge in [0.15, 0.2) is 5.78 Å². The molecular weight excluding hydrogens is 336 g/mol. The lowest BCUT2D eigenvalue weighted by molar-refractivity contribution is -0.383. The lowest BCUT2D eigenvalue weighted by Crippen LogP contribution is -2.36. The van der Waals surface area contributed by atoms with Gasteiger partial charge in [-0.3, -0.25) is 14.9 Å². The molecule has 0 amide bonds. The second-order valence-corrected chi connectivity index (χ2v) is 6.07. The molecule has 1 aromatic heterocycles. The van der Waals surface area contributed by atoms with Crippen LogP contribution in [0.3, 0.4) is 0 Å². The van der Waals surface area contributed by atoms with Crippen LogP contribution < -0.4 is 10.2 Å². The monoisotopic (exact) mass is 356 g/mol.